The predicted octanol–water partition coefficient (Wildman–Crippen LogP) is 3.11. The minimum Gasteiger partial charge on any atom is -0.481 e. The summed E-state index contributed by atoms with van der Waals surface area (Å²) in [6.45, 7) is 5.06. The van der Waals surface area contributed by atoms with E-state index >= 15 is 0 Å². The molecule has 1 fully saturated rings. The molecule has 2 aromatic rings. The van der Waals surface area contributed by atoms with Gasteiger partial charge in [0.25, 0.3) is 0 Å². The molecule has 0 unspecified atom stereocenters. The van der Waals surface area contributed by atoms with Gasteiger partial charge in [-0.1, -0.05) is 39.3 Å². The number of carbonyl (C=O) groups excluding carboxylic acids is 2. The number of hydrogen-bond acceptors (Lipinski definition) is 14. The second kappa shape index (κ2) is 17.2. The van der Waals surface area contributed by atoms with Crippen LogP contribution in [-0.2, 0) is 27.2 Å². The van der Waals surface area contributed by atoms with Gasteiger partial charge in [0.15, 0.2) is 11.2 Å². The number of nitrogens with two attached hydrogens (primary N) is 1. The molecule has 1 amide bonds. The number of esters is 1. The number of nitrogens with zero attached hydrogens (tertiary/aromatic N) is 1. The van der Waals surface area contributed by atoms with E-state index < -0.39 is 28.7 Å². The van der Waals surface area contributed by atoms with E-state index in [0.29, 0.717) is 77.7 Å². The van der Waals surface area contributed by atoms with Gasteiger partial charge in [0.1, 0.15) is 11.3 Å². The Morgan fingerprint density at radius 2 is 2.04 bits per heavy atom. The average Bonchev–Trinajstić information content (AvgIpc) is 3.55. The van der Waals surface area contributed by atoms with Gasteiger partial charge in [-0.2, -0.15) is 0 Å². The summed E-state index contributed by atoms with van der Waals surface area (Å²) in [6, 6.07) is 5.59. The van der Waals surface area contributed by atoms with Crippen molar-refractivity contribution < 1.29 is 38.8 Å². The average molecular weight is 823 g/mol. The van der Waals surface area contributed by atoms with Crippen molar-refractivity contribution in [3.8, 4) is 5.75 Å². The van der Waals surface area contributed by atoms with E-state index in [2.05, 4.69) is 16.7 Å². The number of aliphatic hydroxyl groups is 3. The second-order valence-corrected chi connectivity index (χ2v) is 18.5. The third-order valence-electron chi connectivity index (χ3n) is 12.4. The van der Waals surface area contributed by atoms with Crippen LogP contribution >= 0.6 is 21.6 Å². The molecule has 5 aliphatic rings. The van der Waals surface area contributed by atoms with Gasteiger partial charge in [0.2, 0.25) is 5.91 Å². The molecular formula is C42H54N4O9S2. The molecule has 57 heavy (non-hydrogen) atoms. The zero-order chi connectivity index (χ0) is 40.5. The molecule has 0 bridgehead atoms. The number of nitrogens with one attached hydrogen (secondary N) is 2. The smallest absolute Gasteiger partial charge is 0.339 e. The first-order valence-corrected chi connectivity index (χ1v) is 22.3. The molecule has 7 rings (SSSR count). The summed E-state index contributed by atoms with van der Waals surface area (Å²) in [5.74, 6) is 1.50. The summed E-state index contributed by atoms with van der Waals surface area (Å²) in [5.41, 5.74) is 8.27. The number of benzene rings is 1. The Bertz CT molecular complexity index is 2080. The molecule has 6 atom stereocenters. The second-order valence-electron chi connectivity index (χ2n) is 16.0. The van der Waals surface area contributed by atoms with Crippen molar-refractivity contribution in [2.45, 2.75) is 69.6 Å². The third kappa shape index (κ3) is 7.90. The molecule has 7 N–H and O–H groups in total. The lowest BCUT2D eigenvalue weighted by Gasteiger charge is -2.53. The van der Waals surface area contributed by atoms with E-state index in [-0.39, 0.29) is 57.0 Å². The van der Waals surface area contributed by atoms with Gasteiger partial charge >= 0.3 is 11.6 Å². The van der Waals surface area contributed by atoms with Crippen LogP contribution < -0.4 is 26.7 Å². The summed E-state index contributed by atoms with van der Waals surface area (Å²) in [5, 5.41) is 36.4. The third-order valence-corrected chi connectivity index (χ3v) is 14.8. The standard InChI is InChI=1S/C42H54N4O9S2/c1-4-25(7-10-48)40(52)55-41(2)8-5-26-22-56-57-23-33-31(18-44-3)20-46(33)37(50)14-30-19-45-36(43)15-32(30)38(26)42(41)17-29-13-27-12-28(11-24(21-49)6-9-47)39(51)53-34(27)16-35(29)54-42/h4-5,12-13,15-16,24,31,33,38,44-45,47-49H,6-11,14,17-23,43H2,1-3H3/b25-4+/t24-,31+,33-,38+,41-,42-/m1/s1. The van der Waals surface area contributed by atoms with Crippen molar-refractivity contribution in [1.82, 2.24) is 15.5 Å². The number of amides is 1. The molecule has 5 heterocycles. The monoisotopic (exact) mass is 822 g/mol. The maximum Gasteiger partial charge on any atom is 0.339 e. The molecule has 1 aromatic carbocycles. The van der Waals surface area contributed by atoms with E-state index in [4.69, 9.17) is 19.6 Å². The number of carbonyl (C=O) groups is 2. The lowest BCUT2D eigenvalue weighted by atomic mass is 9.61. The Hall–Kier alpha value is -3.73. The highest BCUT2D eigenvalue weighted by molar-refractivity contribution is 8.76. The molecule has 13 nitrogen and oxygen atoms in total. The van der Waals surface area contributed by atoms with Gasteiger partial charge < -0.3 is 50.5 Å². The number of dihydropyridines is 1. The van der Waals surface area contributed by atoms with Crippen molar-refractivity contribution in [3.05, 3.63) is 86.1 Å². The lowest BCUT2D eigenvalue weighted by molar-refractivity contribution is -0.186. The summed E-state index contributed by atoms with van der Waals surface area (Å²) < 4.78 is 19.7. The van der Waals surface area contributed by atoms with E-state index in [1.165, 1.54) is 0 Å². The van der Waals surface area contributed by atoms with Crippen molar-refractivity contribution in [2.75, 3.05) is 58.0 Å². The predicted molar refractivity (Wildman–Crippen MR) is 221 cm³/mol. The zero-order valence-electron chi connectivity index (χ0n) is 32.8. The normalized spacial score (nSPS) is 28.0. The quantitative estimate of drug-likeness (QED) is 0.0636. The molecule has 1 aromatic heterocycles. The summed E-state index contributed by atoms with van der Waals surface area (Å²) >= 11 is 0. The lowest BCUT2D eigenvalue weighted by Crippen LogP contribution is -2.65. The van der Waals surface area contributed by atoms with E-state index in [1.54, 1.807) is 46.7 Å². The minimum atomic E-state index is -1.26. The molecule has 308 valence electrons. The highest BCUT2D eigenvalue weighted by Gasteiger charge is 2.64. The van der Waals surface area contributed by atoms with Crippen LogP contribution in [0.5, 0.6) is 5.75 Å². The van der Waals surface area contributed by atoms with Gasteiger partial charge in [-0.15, -0.1) is 0 Å². The Balaban J connectivity index is 1.37. The Kier molecular flexibility index (Phi) is 12.5. The number of aliphatic hydroxyl groups excluding tert-OH is 3. The molecular weight excluding hydrogens is 769 g/mol. The van der Waals surface area contributed by atoms with E-state index in [0.717, 1.165) is 34.6 Å². The molecule has 0 radical (unpaired) electrons. The van der Waals surface area contributed by atoms with Gasteiger partial charge in [0, 0.05) is 105 Å². The molecule has 1 spiro atoms. The highest BCUT2D eigenvalue weighted by atomic mass is 33.1. The van der Waals surface area contributed by atoms with Crippen molar-refractivity contribution in [1.29, 1.82) is 0 Å². The Morgan fingerprint density at radius 1 is 1.21 bits per heavy atom. The number of ether oxygens (including phenoxy) is 2. The van der Waals surface area contributed by atoms with Crippen molar-refractivity contribution >= 4 is 44.4 Å². The van der Waals surface area contributed by atoms with Gasteiger partial charge in [-0.25, -0.2) is 9.59 Å². The van der Waals surface area contributed by atoms with Crippen LogP contribution in [0.4, 0.5) is 0 Å². The molecule has 4 aliphatic heterocycles. The number of hydrogen-bond donors (Lipinski definition) is 6. The first kappa shape index (κ1) is 41.4. The van der Waals surface area contributed by atoms with Crippen molar-refractivity contribution in [2.24, 2.45) is 23.5 Å². The fourth-order valence-electron chi connectivity index (χ4n) is 9.23. The number of allylic oxidation sites excluding steroid dienone is 2. The minimum absolute atomic E-state index is 0.0585. The first-order chi connectivity index (χ1) is 27.5. The largest absolute Gasteiger partial charge is 0.481 e. The van der Waals surface area contributed by atoms with Gasteiger partial charge in [-0.05, 0) is 74.6 Å². The Labute approximate surface area is 340 Å². The van der Waals surface area contributed by atoms with Crippen LogP contribution in [0.15, 0.2) is 73.8 Å². The number of fused-ring (bicyclic) bond motifs is 6. The molecule has 1 saturated heterocycles. The van der Waals surface area contributed by atoms with Crippen LogP contribution in [0.3, 0.4) is 0 Å². The fourth-order valence-corrected chi connectivity index (χ4v) is 11.8. The maximum atomic E-state index is 14.2. The van der Waals surface area contributed by atoms with Crippen molar-refractivity contribution in [3.63, 3.8) is 0 Å². The van der Waals surface area contributed by atoms with Crippen LogP contribution in [0.25, 0.3) is 11.0 Å². The highest BCUT2D eigenvalue weighted by Crippen LogP contribution is 2.57. The van der Waals surface area contributed by atoms with E-state index in [1.807, 2.05) is 31.0 Å². The first-order valence-electron chi connectivity index (χ1n) is 19.8. The van der Waals surface area contributed by atoms with Crippen LogP contribution in [-0.4, -0.2) is 107 Å². The fraction of sp³-hybridized carbons (Fsp3) is 0.548. The summed E-state index contributed by atoms with van der Waals surface area (Å²) in [6.07, 6.45) is 7.30. The topological polar surface area (TPSA) is 197 Å². The maximum absolute atomic E-state index is 14.2. The van der Waals surface area contributed by atoms with E-state index in [9.17, 15) is 29.7 Å². The van der Waals surface area contributed by atoms with Crippen LogP contribution in [0, 0.1) is 17.8 Å². The Morgan fingerprint density at radius 3 is 2.77 bits per heavy atom. The SMILES string of the molecule is C/C=C(\CCO)C(=O)O[C@]1(C)CC=C2CSSC[C@@H]3[C@@H](CNC)CN3C(=O)CC3=C(C=C(N)NC3)[C@H]2[C@]12Cc1cc3cc(C[C@H](CO)CCO)c(=O)oc3cc1O2. The molecule has 1 aliphatic carbocycles. The zero-order valence-corrected chi connectivity index (χ0v) is 34.4. The van der Waals surface area contributed by atoms with Gasteiger partial charge in [-0.3, -0.25) is 4.79 Å². The van der Waals surface area contributed by atoms with Crippen LogP contribution in [0.1, 0.15) is 50.7 Å². The number of rotatable bonds is 11. The summed E-state index contributed by atoms with van der Waals surface area (Å²) in [7, 11) is 5.44. The summed E-state index contributed by atoms with van der Waals surface area (Å²) in [4.78, 5) is 43.4. The van der Waals surface area contributed by atoms with Gasteiger partial charge in [0.05, 0.1) is 18.2 Å². The molecule has 0 saturated carbocycles. The molecule has 15 heteroatoms. The van der Waals surface area contributed by atoms with Crippen LogP contribution in [0.2, 0.25) is 0 Å².